The second-order valence-corrected chi connectivity index (χ2v) is 7.63. The number of hydrogen-bond donors (Lipinski definition) is 2. The molecule has 0 spiro atoms. The van der Waals surface area contributed by atoms with Crippen LogP contribution in [-0.4, -0.2) is 39.8 Å². The molecule has 0 bridgehead atoms. The predicted molar refractivity (Wildman–Crippen MR) is 129 cm³/mol. The van der Waals surface area contributed by atoms with Crippen molar-refractivity contribution in [2.75, 3.05) is 29.6 Å². The van der Waals surface area contributed by atoms with E-state index in [-0.39, 0.29) is 11.7 Å². The molecule has 0 atom stereocenters. The van der Waals surface area contributed by atoms with E-state index in [0.29, 0.717) is 30.5 Å². The van der Waals surface area contributed by atoms with Crippen LogP contribution in [0.15, 0.2) is 54.5 Å². The first-order valence-electron chi connectivity index (χ1n) is 10.9. The summed E-state index contributed by atoms with van der Waals surface area (Å²) < 4.78 is 14.9. The number of hydrogen-bond acceptors (Lipinski definition) is 6. The van der Waals surface area contributed by atoms with Gasteiger partial charge in [0, 0.05) is 38.0 Å². The Hall–Kier alpha value is -3.75. The van der Waals surface area contributed by atoms with Gasteiger partial charge in [-0.3, -0.25) is 9.48 Å². The molecule has 8 nitrogen and oxygen atoms in total. The molecule has 1 aromatic carbocycles. The Bertz CT molecular complexity index is 1110. The van der Waals surface area contributed by atoms with Crippen LogP contribution in [0.1, 0.15) is 37.8 Å². The summed E-state index contributed by atoms with van der Waals surface area (Å²) in [6.45, 7) is 4.97. The van der Waals surface area contributed by atoms with Gasteiger partial charge < -0.3 is 15.5 Å². The molecule has 0 aliphatic heterocycles. The Balaban J connectivity index is 1.65. The third-order valence-corrected chi connectivity index (χ3v) is 5.21. The molecule has 0 radical (unpaired) electrons. The highest BCUT2D eigenvalue weighted by molar-refractivity contribution is 6.06. The van der Waals surface area contributed by atoms with Crippen LogP contribution in [0, 0.1) is 5.82 Å². The zero-order valence-electron chi connectivity index (χ0n) is 19.5. The summed E-state index contributed by atoms with van der Waals surface area (Å²) in [4.78, 5) is 23.3. The minimum Gasteiger partial charge on any atom is -0.371 e. The van der Waals surface area contributed by atoms with E-state index in [4.69, 9.17) is 0 Å². The maximum atomic E-state index is 13.1. The highest BCUT2D eigenvalue weighted by Gasteiger charge is 2.19. The molecule has 9 heteroatoms. The largest absolute Gasteiger partial charge is 0.371 e. The molecular formula is C24H30FN7O. The minimum absolute atomic E-state index is 0.0614. The fourth-order valence-corrected chi connectivity index (χ4v) is 3.40. The van der Waals surface area contributed by atoms with Crippen LogP contribution in [0.2, 0.25) is 0 Å². The van der Waals surface area contributed by atoms with Crippen molar-refractivity contribution in [2.24, 2.45) is 0 Å². The van der Waals surface area contributed by atoms with Crippen molar-refractivity contribution < 1.29 is 9.18 Å². The SMILES string of the molecule is C/C=C(/CCC)C(=O)N(C)c1cnc(NCc2cnn(Cc3ccc(F)cc3)c2)nc1NC. The maximum Gasteiger partial charge on any atom is 0.253 e. The van der Waals surface area contributed by atoms with Crippen molar-refractivity contribution in [3.63, 3.8) is 0 Å². The van der Waals surface area contributed by atoms with Gasteiger partial charge in [0.05, 0.1) is 18.9 Å². The molecule has 0 saturated heterocycles. The van der Waals surface area contributed by atoms with Crippen molar-refractivity contribution in [1.29, 1.82) is 0 Å². The standard InChI is InChI=1S/C24H30FN7O/c1-5-7-19(6-2)23(33)31(4)21-14-28-24(30-22(21)26-3)27-12-18-13-29-32(16-18)15-17-8-10-20(25)11-9-17/h6,8-11,13-14,16H,5,7,12,15H2,1-4H3,(H2,26,27,28,30)/b19-6-. The van der Waals surface area contributed by atoms with E-state index in [1.807, 2.05) is 26.1 Å². The molecule has 174 valence electrons. The summed E-state index contributed by atoms with van der Waals surface area (Å²) in [5.74, 6) is 0.681. The normalized spacial score (nSPS) is 11.4. The number of likely N-dealkylation sites (N-methyl/N-ethyl adjacent to an activating group) is 1. The summed E-state index contributed by atoms with van der Waals surface area (Å²) in [5, 5.41) is 10.6. The average Bonchev–Trinajstić information content (AvgIpc) is 3.28. The van der Waals surface area contributed by atoms with E-state index in [1.54, 1.807) is 48.2 Å². The summed E-state index contributed by atoms with van der Waals surface area (Å²) in [5.41, 5.74) is 3.30. The van der Waals surface area contributed by atoms with E-state index in [2.05, 4.69) is 25.7 Å². The van der Waals surface area contributed by atoms with E-state index < -0.39 is 0 Å². The van der Waals surface area contributed by atoms with Crippen LogP contribution in [0.25, 0.3) is 0 Å². The van der Waals surface area contributed by atoms with Gasteiger partial charge in [0.25, 0.3) is 5.91 Å². The minimum atomic E-state index is -0.255. The van der Waals surface area contributed by atoms with Crippen LogP contribution >= 0.6 is 0 Å². The van der Waals surface area contributed by atoms with Gasteiger partial charge in [0.1, 0.15) is 11.5 Å². The molecule has 33 heavy (non-hydrogen) atoms. The topological polar surface area (TPSA) is 88.0 Å². The van der Waals surface area contributed by atoms with E-state index in [1.165, 1.54) is 12.1 Å². The molecule has 0 aliphatic carbocycles. The van der Waals surface area contributed by atoms with E-state index in [9.17, 15) is 9.18 Å². The molecule has 0 unspecified atom stereocenters. The zero-order valence-corrected chi connectivity index (χ0v) is 19.5. The number of anilines is 3. The van der Waals surface area contributed by atoms with E-state index in [0.717, 1.165) is 29.5 Å². The highest BCUT2D eigenvalue weighted by atomic mass is 19.1. The molecular weight excluding hydrogens is 421 g/mol. The molecule has 0 aliphatic rings. The first kappa shape index (κ1) is 23.9. The molecule has 3 rings (SSSR count). The number of benzene rings is 1. The smallest absolute Gasteiger partial charge is 0.253 e. The van der Waals surface area contributed by atoms with Crippen LogP contribution in [0.3, 0.4) is 0 Å². The Labute approximate surface area is 193 Å². The Morgan fingerprint density at radius 3 is 2.64 bits per heavy atom. The second-order valence-electron chi connectivity index (χ2n) is 7.63. The predicted octanol–water partition coefficient (Wildman–Crippen LogP) is 4.22. The molecule has 2 N–H and O–H groups in total. The number of aromatic nitrogens is 4. The third kappa shape index (κ3) is 6.15. The van der Waals surface area contributed by atoms with Gasteiger partial charge in [0.2, 0.25) is 5.95 Å². The Morgan fingerprint density at radius 2 is 1.97 bits per heavy atom. The number of carbonyl (C=O) groups excluding carboxylic acids is 1. The van der Waals surface area contributed by atoms with Gasteiger partial charge in [-0.25, -0.2) is 9.37 Å². The molecule has 3 aromatic rings. The lowest BCUT2D eigenvalue weighted by Crippen LogP contribution is -2.29. The van der Waals surface area contributed by atoms with Crippen LogP contribution < -0.4 is 15.5 Å². The zero-order chi connectivity index (χ0) is 23.8. The third-order valence-electron chi connectivity index (χ3n) is 5.21. The quantitative estimate of drug-likeness (QED) is 0.449. The van der Waals surface area contributed by atoms with Gasteiger partial charge in [-0.2, -0.15) is 10.1 Å². The second kappa shape index (κ2) is 11.2. The fraction of sp³-hybridized carbons (Fsp3) is 0.333. The maximum absolute atomic E-state index is 13.1. The van der Waals surface area contributed by atoms with Gasteiger partial charge in [-0.15, -0.1) is 0 Å². The Morgan fingerprint density at radius 1 is 1.21 bits per heavy atom. The summed E-state index contributed by atoms with van der Waals surface area (Å²) in [7, 11) is 3.49. The summed E-state index contributed by atoms with van der Waals surface area (Å²) in [6, 6.07) is 6.37. The Kier molecular flexibility index (Phi) is 8.12. The van der Waals surface area contributed by atoms with Gasteiger partial charge >= 0.3 is 0 Å². The molecule has 0 saturated carbocycles. The number of nitrogens with zero attached hydrogens (tertiary/aromatic N) is 5. The summed E-state index contributed by atoms with van der Waals surface area (Å²) >= 11 is 0. The number of allylic oxidation sites excluding steroid dienone is 1. The summed E-state index contributed by atoms with van der Waals surface area (Å²) in [6.07, 6.45) is 8.80. The van der Waals surface area contributed by atoms with Crippen molar-refractivity contribution >= 4 is 23.4 Å². The van der Waals surface area contributed by atoms with Crippen molar-refractivity contribution in [1.82, 2.24) is 19.7 Å². The number of carbonyl (C=O) groups is 1. The molecule has 2 heterocycles. The average molecular weight is 452 g/mol. The molecule has 0 fully saturated rings. The van der Waals surface area contributed by atoms with Crippen molar-refractivity contribution in [2.45, 2.75) is 39.8 Å². The number of amides is 1. The number of halogens is 1. The van der Waals surface area contributed by atoms with E-state index >= 15 is 0 Å². The number of rotatable bonds is 10. The molecule has 1 amide bonds. The first-order valence-corrected chi connectivity index (χ1v) is 10.9. The first-order chi connectivity index (χ1) is 15.9. The van der Waals surface area contributed by atoms with Crippen LogP contribution in [-0.2, 0) is 17.9 Å². The van der Waals surface area contributed by atoms with Gasteiger partial charge in [0.15, 0.2) is 5.82 Å². The van der Waals surface area contributed by atoms with Crippen LogP contribution in [0.5, 0.6) is 0 Å². The fourth-order valence-electron chi connectivity index (χ4n) is 3.40. The monoisotopic (exact) mass is 451 g/mol. The highest BCUT2D eigenvalue weighted by Crippen LogP contribution is 2.25. The van der Waals surface area contributed by atoms with Gasteiger partial charge in [-0.05, 0) is 31.0 Å². The molecule has 2 aromatic heterocycles. The number of nitrogens with one attached hydrogen (secondary N) is 2. The van der Waals surface area contributed by atoms with Crippen LogP contribution in [0.4, 0.5) is 21.8 Å². The lowest BCUT2D eigenvalue weighted by Gasteiger charge is -2.21. The lowest BCUT2D eigenvalue weighted by molar-refractivity contribution is -0.115. The van der Waals surface area contributed by atoms with Crippen molar-refractivity contribution in [3.8, 4) is 0 Å². The van der Waals surface area contributed by atoms with Crippen molar-refractivity contribution in [3.05, 3.63) is 71.4 Å². The lowest BCUT2D eigenvalue weighted by atomic mass is 10.1. The van der Waals surface area contributed by atoms with Gasteiger partial charge in [-0.1, -0.05) is 31.6 Å².